The van der Waals surface area contributed by atoms with E-state index in [2.05, 4.69) is 20.1 Å². The molecule has 0 saturated heterocycles. The van der Waals surface area contributed by atoms with E-state index in [4.69, 9.17) is 0 Å². The highest BCUT2D eigenvalue weighted by Crippen LogP contribution is 2.34. The third-order valence-electron chi connectivity index (χ3n) is 4.03. The van der Waals surface area contributed by atoms with Gasteiger partial charge in [-0.05, 0) is 18.2 Å². The smallest absolute Gasteiger partial charge is 0.416 e. The van der Waals surface area contributed by atoms with Crippen LogP contribution >= 0.6 is 0 Å². The lowest BCUT2D eigenvalue weighted by Gasteiger charge is -2.06. The number of benzene rings is 1. The largest absolute Gasteiger partial charge is 0.478 e. The van der Waals surface area contributed by atoms with Crippen molar-refractivity contribution in [3.63, 3.8) is 0 Å². The summed E-state index contributed by atoms with van der Waals surface area (Å²) in [6.45, 7) is 0. The minimum absolute atomic E-state index is 0.0782. The first-order valence-corrected chi connectivity index (χ1v) is 7.37. The van der Waals surface area contributed by atoms with Crippen molar-refractivity contribution < 1.29 is 23.1 Å². The number of nitrogens with zero attached hydrogens (tertiary/aromatic N) is 4. The molecule has 0 unspecified atom stereocenters. The number of nitrogens with one attached hydrogen (secondary N) is 1. The van der Waals surface area contributed by atoms with Gasteiger partial charge in [-0.25, -0.2) is 14.8 Å². The zero-order valence-electron chi connectivity index (χ0n) is 13.2. The molecule has 10 heteroatoms. The lowest BCUT2D eigenvalue weighted by molar-refractivity contribution is -0.137. The van der Waals surface area contributed by atoms with Crippen LogP contribution in [-0.2, 0) is 13.2 Å². The minimum Gasteiger partial charge on any atom is -0.478 e. The molecule has 4 aromatic rings. The number of rotatable bonds is 2. The van der Waals surface area contributed by atoms with E-state index >= 15 is 0 Å². The monoisotopic (exact) mass is 361 g/mol. The van der Waals surface area contributed by atoms with E-state index < -0.39 is 17.7 Å². The molecule has 0 spiro atoms. The molecule has 0 fully saturated rings. The summed E-state index contributed by atoms with van der Waals surface area (Å²) < 4.78 is 40.6. The van der Waals surface area contributed by atoms with E-state index in [0.717, 1.165) is 12.1 Å². The maximum absolute atomic E-state index is 13.0. The molecule has 0 bridgehead atoms. The number of halogens is 3. The predicted octanol–water partition coefficient (Wildman–Crippen LogP) is 3.23. The maximum Gasteiger partial charge on any atom is 0.416 e. The zero-order valence-corrected chi connectivity index (χ0v) is 13.2. The van der Waals surface area contributed by atoms with Crippen molar-refractivity contribution in [2.45, 2.75) is 6.18 Å². The van der Waals surface area contributed by atoms with Crippen molar-refractivity contribution in [1.82, 2.24) is 24.7 Å². The maximum atomic E-state index is 13.0. The number of alkyl halides is 3. The first-order chi connectivity index (χ1) is 12.3. The Labute approximate surface area is 143 Å². The molecule has 0 saturated carbocycles. The van der Waals surface area contributed by atoms with Gasteiger partial charge in [0.25, 0.3) is 0 Å². The van der Waals surface area contributed by atoms with Gasteiger partial charge in [0.2, 0.25) is 0 Å². The highest BCUT2D eigenvalue weighted by molar-refractivity contribution is 6.01. The van der Waals surface area contributed by atoms with Gasteiger partial charge in [0.1, 0.15) is 22.5 Å². The molecule has 132 valence electrons. The van der Waals surface area contributed by atoms with Crippen LogP contribution in [-0.4, -0.2) is 35.8 Å². The Kier molecular flexibility index (Phi) is 3.26. The van der Waals surface area contributed by atoms with E-state index in [1.54, 1.807) is 7.05 Å². The van der Waals surface area contributed by atoms with Gasteiger partial charge in [-0.3, -0.25) is 4.68 Å². The van der Waals surface area contributed by atoms with Gasteiger partial charge in [0.05, 0.1) is 17.3 Å². The van der Waals surface area contributed by atoms with Crippen LogP contribution in [0.4, 0.5) is 13.2 Å². The Morgan fingerprint density at radius 3 is 2.77 bits per heavy atom. The van der Waals surface area contributed by atoms with Gasteiger partial charge in [-0.2, -0.15) is 18.3 Å². The number of hydrogen-bond donors (Lipinski definition) is 2. The summed E-state index contributed by atoms with van der Waals surface area (Å²) in [7, 11) is 1.60. The van der Waals surface area contributed by atoms with Gasteiger partial charge < -0.3 is 10.1 Å². The Morgan fingerprint density at radius 1 is 1.31 bits per heavy atom. The van der Waals surface area contributed by atoms with Crippen LogP contribution in [0, 0.1) is 0 Å². The molecular weight excluding hydrogens is 351 g/mol. The second-order valence-electron chi connectivity index (χ2n) is 5.66. The summed E-state index contributed by atoms with van der Waals surface area (Å²) in [5.41, 5.74) is 0.363. The van der Waals surface area contributed by atoms with E-state index in [0.29, 0.717) is 5.52 Å². The van der Waals surface area contributed by atoms with Crippen molar-refractivity contribution in [3.8, 4) is 11.4 Å². The van der Waals surface area contributed by atoms with Crippen LogP contribution in [0.2, 0.25) is 0 Å². The molecular formula is C16H10F3N5O2. The summed E-state index contributed by atoms with van der Waals surface area (Å²) in [5.74, 6) is -1.19. The molecule has 0 atom stereocenters. The highest BCUT2D eigenvalue weighted by Gasteiger charge is 2.31. The highest BCUT2D eigenvalue weighted by atomic mass is 19.4. The van der Waals surface area contributed by atoms with Crippen molar-refractivity contribution in [2.75, 3.05) is 0 Å². The summed E-state index contributed by atoms with van der Waals surface area (Å²) >= 11 is 0. The Morgan fingerprint density at radius 2 is 2.08 bits per heavy atom. The predicted molar refractivity (Wildman–Crippen MR) is 85.6 cm³/mol. The van der Waals surface area contributed by atoms with E-state index in [1.165, 1.54) is 23.1 Å². The van der Waals surface area contributed by atoms with Crippen LogP contribution in [0.1, 0.15) is 15.9 Å². The number of aryl methyl sites for hydroxylation is 1. The fraction of sp³-hybridized carbons (Fsp3) is 0.125. The first kappa shape index (κ1) is 16.1. The molecule has 7 nitrogen and oxygen atoms in total. The third kappa shape index (κ3) is 2.38. The molecule has 0 aliphatic rings. The SMILES string of the molecule is Cn1nc(-c2cnc3[nH]cc(C(=O)O)c3n2)c2cc(C(F)(F)F)ccc21. The van der Waals surface area contributed by atoms with Gasteiger partial charge in [-0.1, -0.05) is 0 Å². The number of hydrogen-bond acceptors (Lipinski definition) is 4. The Bertz CT molecular complexity index is 1180. The average Bonchev–Trinajstić information content (AvgIpc) is 3.14. The lowest BCUT2D eigenvalue weighted by atomic mass is 10.1. The summed E-state index contributed by atoms with van der Waals surface area (Å²) in [6, 6.07) is 3.32. The van der Waals surface area contributed by atoms with Crippen molar-refractivity contribution in [3.05, 3.63) is 41.7 Å². The summed E-state index contributed by atoms with van der Waals surface area (Å²) in [6.07, 6.45) is -1.89. The molecule has 0 amide bonds. The van der Waals surface area contributed by atoms with Crippen molar-refractivity contribution in [2.24, 2.45) is 7.05 Å². The molecule has 0 aliphatic carbocycles. The fourth-order valence-electron chi connectivity index (χ4n) is 2.80. The molecule has 0 radical (unpaired) electrons. The number of fused-ring (bicyclic) bond motifs is 2. The number of aromatic amines is 1. The number of carbonyl (C=O) groups is 1. The van der Waals surface area contributed by atoms with E-state index in [1.807, 2.05) is 0 Å². The summed E-state index contributed by atoms with van der Waals surface area (Å²) in [4.78, 5) is 22.3. The number of carboxylic acid groups (broad SMARTS) is 1. The lowest BCUT2D eigenvalue weighted by Crippen LogP contribution is -2.04. The molecule has 26 heavy (non-hydrogen) atoms. The molecule has 4 rings (SSSR count). The van der Waals surface area contributed by atoms with Crippen molar-refractivity contribution >= 4 is 28.0 Å². The molecule has 3 heterocycles. The third-order valence-corrected chi connectivity index (χ3v) is 4.03. The van der Waals surface area contributed by atoms with Crippen LogP contribution in [0.15, 0.2) is 30.6 Å². The summed E-state index contributed by atoms with van der Waals surface area (Å²) in [5, 5.41) is 13.7. The molecule has 1 aromatic carbocycles. The number of H-pyrrole nitrogens is 1. The van der Waals surface area contributed by atoms with Gasteiger partial charge in [0, 0.05) is 18.6 Å². The first-order valence-electron chi connectivity index (χ1n) is 7.37. The van der Waals surface area contributed by atoms with E-state index in [9.17, 15) is 23.1 Å². The minimum atomic E-state index is -4.49. The second-order valence-corrected chi connectivity index (χ2v) is 5.66. The van der Waals surface area contributed by atoms with Crippen molar-refractivity contribution in [1.29, 1.82) is 0 Å². The molecule has 3 aromatic heterocycles. The molecule has 2 N–H and O–H groups in total. The number of carboxylic acids is 1. The van der Waals surface area contributed by atoms with Gasteiger partial charge in [0.15, 0.2) is 5.65 Å². The van der Waals surface area contributed by atoms with Crippen LogP contribution in [0.5, 0.6) is 0 Å². The average molecular weight is 361 g/mol. The second kappa shape index (κ2) is 5.28. The Balaban J connectivity index is 1.97. The number of aromatic nitrogens is 5. The molecule has 0 aliphatic heterocycles. The number of aromatic carboxylic acids is 1. The topological polar surface area (TPSA) is 96.7 Å². The quantitative estimate of drug-likeness (QED) is 0.571. The normalized spacial score (nSPS) is 12.2. The Hall–Kier alpha value is -3.43. The van der Waals surface area contributed by atoms with Gasteiger partial charge in [-0.15, -0.1) is 0 Å². The van der Waals surface area contributed by atoms with Gasteiger partial charge >= 0.3 is 12.1 Å². The van der Waals surface area contributed by atoms with Crippen LogP contribution in [0.3, 0.4) is 0 Å². The zero-order chi connectivity index (χ0) is 18.6. The standard InChI is InChI=1S/C16H10F3N5O2/c1-24-11-3-2-7(16(17,18)19)4-8(11)12(23-24)10-6-21-14-13(22-10)9(5-20-14)15(25)26/h2-6H,1H3,(H,20,21)(H,25,26). The fourth-order valence-corrected chi connectivity index (χ4v) is 2.80. The van der Waals surface area contributed by atoms with Crippen LogP contribution in [0.25, 0.3) is 33.5 Å². The van der Waals surface area contributed by atoms with Crippen LogP contribution < -0.4 is 0 Å². The van der Waals surface area contributed by atoms with E-state index in [-0.39, 0.29) is 33.5 Å².